The molecule has 0 aliphatic carbocycles. The third kappa shape index (κ3) is 3.00. The lowest BCUT2D eigenvalue weighted by Gasteiger charge is -2.10. The van der Waals surface area contributed by atoms with Gasteiger partial charge in [-0.1, -0.05) is 46.3 Å². The number of carbonyl (C=O) groups is 1. The summed E-state index contributed by atoms with van der Waals surface area (Å²) in [5.74, 6) is -0.115. The Morgan fingerprint density at radius 1 is 1.06 bits per heavy atom. The Balaban J connectivity index is 2.24. The lowest BCUT2D eigenvalue weighted by molar-refractivity contribution is 0.102. The van der Waals surface area contributed by atoms with E-state index in [9.17, 15) is 4.79 Å². The molecule has 0 spiro atoms. The molecule has 0 atom stereocenters. The predicted octanol–water partition coefficient (Wildman–Crippen LogP) is 4.60. The highest BCUT2D eigenvalue weighted by atomic mass is 79.9. The Hall–Kier alpha value is -1.13. The number of carbonyl (C=O) groups excluding carboxylic acids is 1. The van der Waals surface area contributed by atoms with Crippen molar-refractivity contribution in [3.05, 3.63) is 64.1 Å². The molecule has 0 bridgehead atoms. The van der Waals surface area contributed by atoms with Crippen molar-refractivity contribution in [1.29, 1.82) is 0 Å². The van der Waals surface area contributed by atoms with Gasteiger partial charge in [0.1, 0.15) is 0 Å². The van der Waals surface area contributed by atoms with E-state index in [1.807, 2.05) is 42.5 Å². The first-order valence-electron chi connectivity index (χ1n) is 5.42. The average Bonchev–Trinajstić information content (AvgIpc) is 2.39. The molecule has 0 fully saturated rings. The smallest absolute Gasteiger partial charge is 0.256 e. The summed E-state index contributed by atoms with van der Waals surface area (Å²) >= 11 is 6.78. The molecule has 4 heteroatoms. The van der Waals surface area contributed by atoms with Gasteiger partial charge in [0.25, 0.3) is 5.91 Å². The summed E-state index contributed by atoms with van der Waals surface area (Å²) in [6, 6.07) is 15.1. The van der Waals surface area contributed by atoms with Crippen LogP contribution in [-0.4, -0.2) is 5.91 Å². The molecule has 0 unspecified atom stereocenters. The minimum atomic E-state index is -0.115. The maximum atomic E-state index is 12.1. The predicted molar refractivity (Wildman–Crippen MR) is 81.2 cm³/mol. The number of amides is 1. The van der Waals surface area contributed by atoms with Crippen LogP contribution in [0.3, 0.4) is 0 Å². The summed E-state index contributed by atoms with van der Waals surface area (Å²) in [4.78, 5) is 12.1. The molecule has 0 aromatic heterocycles. The van der Waals surface area contributed by atoms with Gasteiger partial charge in [-0.3, -0.25) is 4.79 Å². The van der Waals surface area contributed by atoms with Crippen molar-refractivity contribution in [2.24, 2.45) is 0 Å². The van der Waals surface area contributed by atoms with Crippen LogP contribution < -0.4 is 5.32 Å². The maximum absolute atomic E-state index is 12.1. The molecule has 0 saturated carbocycles. The normalized spacial score (nSPS) is 10.1. The first kappa shape index (κ1) is 13.3. The topological polar surface area (TPSA) is 29.1 Å². The summed E-state index contributed by atoms with van der Waals surface area (Å²) in [7, 11) is 0. The summed E-state index contributed by atoms with van der Waals surface area (Å²) in [6.07, 6.45) is 0. The number of rotatable bonds is 3. The quantitative estimate of drug-likeness (QED) is 0.788. The van der Waals surface area contributed by atoms with E-state index in [2.05, 4.69) is 37.2 Å². The molecule has 2 rings (SSSR count). The van der Waals surface area contributed by atoms with E-state index >= 15 is 0 Å². The monoisotopic (exact) mass is 367 g/mol. The van der Waals surface area contributed by atoms with Gasteiger partial charge in [0.05, 0.1) is 5.56 Å². The number of nitrogens with one attached hydrogen (secondary N) is 1. The minimum absolute atomic E-state index is 0.115. The van der Waals surface area contributed by atoms with Gasteiger partial charge >= 0.3 is 0 Å². The van der Waals surface area contributed by atoms with Crippen LogP contribution in [0.25, 0.3) is 0 Å². The zero-order chi connectivity index (χ0) is 13.0. The SMILES string of the molecule is O=C(Nc1ccccc1CBr)c1ccccc1Br. The average molecular weight is 369 g/mol. The maximum Gasteiger partial charge on any atom is 0.256 e. The molecule has 1 N–H and O–H groups in total. The molecule has 0 aliphatic rings. The van der Waals surface area contributed by atoms with E-state index in [0.29, 0.717) is 10.9 Å². The number of hydrogen-bond acceptors (Lipinski definition) is 1. The molecule has 0 heterocycles. The highest BCUT2D eigenvalue weighted by molar-refractivity contribution is 9.10. The number of halogens is 2. The van der Waals surface area contributed by atoms with Crippen molar-refractivity contribution in [1.82, 2.24) is 0 Å². The van der Waals surface area contributed by atoms with Crippen LogP contribution in [0, 0.1) is 0 Å². The molecule has 1 amide bonds. The standard InChI is InChI=1S/C14H11Br2NO/c15-9-10-5-1-4-8-13(10)17-14(18)11-6-2-3-7-12(11)16/h1-8H,9H2,(H,17,18). The second-order valence-electron chi connectivity index (χ2n) is 3.72. The Morgan fingerprint density at radius 2 is 1.72 bits per heavy atom. The highest BCUT2D eigenvalue weighted by Gasteiger charge is 2.10. The van der Waals surface area contributed by atoms with Crippen LogP contribution >= 0.6 is 31.9 Å². The Bertz CT molecular complexity index is 569. The van der Waals surface area contributed by atoms with E-state index in [1.165, 1.54) is 0 Å². The fraction of sp³-hybridized carbons (Fsp3) is 0.0714. The molecule has 2 aromatic rings. The highest BCUT2D eigenvalue weighted by Crippen LogP contribution is 2.21. The fourth-order valence-electron chi connectivity index (χ4n) is 1.59. The largest absolute Gasteiger partial charge is 0.322 e. The van der Waals surface area contributed by atoms with Crippen LogP contribution in [0.5, 0.6) is 0 Å². The fourth-order valence-corrected chi connectivity index (χ4v) is 2.55. The molecule has 0 saturated heterocycles. The van der Waals surface area contributed by atoms with Gasteiger partial charge in [-0.2, -0.15) is 0 Å². The van der Waals surface area contributed by atoms with Gasteiger partial charge in [0.15, 0.2) is 0 Å². The second-order valence-corrected chi connectivity index (χ2v) is 5.14. The molecular weight excluding hydrogens is 358 g/mol. The summed E-state index contributed by atoms with van der Waals surface area (Å²) in [6.45, 7) is 0. The van der Waals surface area contributed by atoms with Crippen LogP contribution in [-0.2, 0) is 5.33 Å². The Morgan fingerprint density at radius 3 is 2.44 bits per heavy atom. The van der Waals surface area contributed by atoms with Crippen LogP contribution in [0.1, 0.15) is 15.9 Å². The molecule has 2 nitrogen and oxygen atoms in total. The molecule has 2 aromatic carbocycles. The van der Waals surface area contributed by atoms with Gasteiger partial charge in [-0.25, -0.2) is 0 Å². The van der Waals surface area contributed by atoms with Gasteiger partial charge in [-0.15, -0.1) is 0 Å². The van der Waals surface area contributed by atoms with E-state index in [1.54, 1.807) is 6.07 Å². The van der Waals surface area contributed by atoms with E-state index in [4.69, 9.17) is 0 Å². The minimum Gasteiger partial charge on any atom is -0.322 e. The second kappa shape index (κ2) is 6.16. The number of para-hydroxylation sites is 1. The van der Waals surface area contributed by atoms with E-state index in [0.717, 1.165) is 15.7 Å². The number of anilines is 1. The molecule has 92 valence electrons. The number of alkyl halides is 1. The van der Waals surface area contributed by atoms with Crippen molar-refractivity contribution in [3.8, 4) is 0 Å². The summed E-state index contributed by atoms with van der Waals surface area (Å²) < 4.78 is 0.791. The lowest BCUT2D eigenvalue weighted by atomic mass is 10.1. The van der Waals surface area contributed by atoms with Crippen molar-refractivity contribution < 1.29 is 4.79 Å². The van der Waals surface area contributed by atoms with Crippen molar-refractivity contribution in [2.75, 3.05) is 5.32 Å². The summed E-state index contributed by atoms with van der Waals surface area (Å²) in [5.41, 5.74) is 2.51. The van der Waals surface area contributed by atoms with E-state index < -0.39 is 0 Å². The summed E-state index contributed by atoms with van der Waals surface area (Å²) in [5, 5.41) is 3.63. The zero-order valence-electron chi connectivity index (χ0n) is 9.49. The van der Waals surface area contributed by atoms with E-state index in [-0.39, 0.29) is 5.91 Å². The van der Waals surface area contributed by atoms with Crippen LogP contribution in [0.15, 0.2) is 53.0 Å². The Kier molecular flexibility index (Phi) is 4.55. The molecule has 0 radical (unpaired) electrons. The van der Waals surface area contributed by atoms with Crippen molar-refractivity contribution in [2.45, 2.75) is 5.33 Å². The van der Waals surface area contributed by atoms with Gasteiger partial charge in [-0.05, 0) is 39.7 Å². The zero-order valence-corrected chi connectivity index (χ0v) is 12.7. The van der Waals surface area contributed by atoms with Crippen LogP contribution in [0.2, 0.25) is 0 Å². The molecule has 0 aliphatic heterocycles. The lowest BCUT2D eigenvalue weighted by Crippen LogP contribution is -2.13. The number of benzene rings is 2. The van der Waals surface area contributed by atoms with Crippen molar-refractivity contribution in [3.63, 3.8) is 0 Å². The van der Waals surface area contributed by atoms with Gasteiger partial charge < -0.3 is 5.32 Å². The van der Waals surface area contributed by atoms with Gasteiger partial charge in [0, 0.05) is 15.5 Å². The van der Waals surface area contributed by atoms with Gasteiger partial charge in [0.2, 0.25) is 0 Å². The first-order chi connectivity index (χ1) is 8.72. The third-order valence-corrected chi connectivity index (χ3v) is 3.82. The molecule has 18 heavy (non-hydrogen) atoms. The Labute approximate surface area is 123 Å². The number of hydrogen-bond donors (Lipinski definition) is 1. The van der Waals surface area contributed by atoms with Crippen LogP contribution in [0.4, 0.5) is 5.69 Å². The van der Waals surface area contributed by atoms with Crippen molar-refractivity contribution >= 4 is 43.5 Å². The third-order valence-electron chi connectivity index (χ3n) is 2.53. The molecular formula is C14H11Br2NO. The first-order valence-corrected chi connectivity index (χ1v) is 7.33.